The SMILES string of the molecule is O=C(NCCN1CCN(c2ccccc2F)CC1)C(=O)NCc1ccc(Cl)cc1. The van der Waals surface area contributed by atoms with Gasteiger partial charge in [0.1, 0.15) is 5.82 Å². The lowest BCUT2D eigenvalue weighted by atomic mass is 10.2. The first-order chi connectivity index (χ1) is 14.0. The minimum atomic E-state index is -0.663. The van der Waals surface area contributed by atoms with Crippen molar-refractivity contribution in [1.29, 1.82) is 0 Å². The third-order valence-electron chi connectivity index (χ3n) is 4.85. The largest absolute Gasteiger partial charge is 0.367 e. The Kier molecular flexibility index (Phi) is 7.43. The van der Waals surface area contributed by atoms with Gasteiger partial charge in [0.05, 0.1) is 5.69 Å². The van der Waals surface area contributed by atoms with Gasteiger partial charge in [-0.05, 0) is 29.8 Å². The van der Waals surface area contributed by atoms with Crippen molar-refractivity contribution in [2.45, 2.75) is 6.54 Å². The number of anilines is 1. The van der Waals surface area contributed by atoms with E-state index in [2.05, 4.69) is 15.5 Å². The fourth-order valence-corrected chi connectivity index (χ4v) is 3.32. The lowest BCUT2D eigenvalue weighted by Crippen LogP contribution is -2.49. The number of benzene rings is 2. The zero-order valence-corrected chi connectivity index (χ0v) is 16.8. The molecule has 0 atom stereocenters. The van der Waals surface area contributed by atoms with Crippen molar-refractivity contribution in [3.05, 3.63) is 64.9 Å². The third kappa shape index (κ3) is 6.17. The highest BCUT2D eigenvalue weighted by atomic mass is 35.5. The summed E-state index contributed by atoms with van der Waals surface area (Å²) in [4.78, 5) is 28.0. The van der Waals surface area contributed by atoms with Crippen LogP contribution < -0.4 is 15.5 Å². The molecule has 8 heteroatoms. The molecule has 1 fully saturated rings. The first-order valence-electron chi connectivity index (χ1n) is 9.55. The van der Waals surface area contributed by atoms with Crippen LogP contribution in [0.25, 0.3) is 0 Å². The molecule has 1 saturated heterocycles. The molecule has 0 spiro atoms. The molecule has 154 valence electrons. The van der Waals surface area contributed by atoms with Gasteiger partial charge in [-0.3, -0.25) is 14.5 Å². The summed E-state index contributed by atoms with van der Waals surface area (Å²) >= 11 is 5.82. The van der Waals surface area contributed by atoms with Crippen molar-refractivity contribution < 1.29 is 14.0 Å². The molecule has 2 amide bonds. The van der Waals surface area contributed by atoms with E-state index in [-0.39, 0.29) is 12.4 Å². The molecule has 2 N–H and O–H groups in total. The van der Waals surface area contributed by atoms with Gasteiger partial charge in [-0.2, -0.15) is 0 Å². The Balaban J connectivity index is 1.33. The number of hydrogen-bond acceptors (Lipinski definition) is 4. The van der Waals surface area contributed by atoms with E-state index in [1.165, 1.54) is 6.07 Å². The highest BCUT2D eigenvalue weighted by molar-refractivity contribution is 6.35. The van der Waals surface area contributed by atoms with E-state index < -0.39 is 11.8 Å². The molecule has 1 heterocycles. The molecular weight excluding hydrogens is 395 g/mol. The van der Waals surface area contributed by atoms with E-state index in [9.17, 15) is 14.0 Å². The molecular formula is C21H24ClFN4O2. The average Bonchev–Trinajstić information content (AvgIpc) is 2.74. The van der Waals surface area contributed by atoms with Gasteiger partial charge in [0.15, 0.2) is 0 Å². The number of hydrogen-bond donors (Lipinski definition) is 2. The molecule has 3 rings (SSSR count). The number of halogens is 2. The Morgan fingerprint density at radius 3 is 2.28 bits per heavy atom. The highest BCUT2D eigenvalue weighted by Gasteiger charge is 2.19. The normalized spacial score (nSPS) is 14.5. The molecule has 1 aliphatic heterocycles. The summed E-state index contributed by atoms with van der Waals surface area (Å²) in [6.07, 6.45) is 0. The van der Waals surface area contributed by atoms with Crippen LogP contribution in [-0.4, -0.2) is 56.0 Å². The number of piperazine rings is 1. The van der Waals surface area contributed by atoms with E-state index in [0.29, 0.717) is 23.8 Å². The maximum atomic E-state index is 13.9. The van der Waals surface area contributed by atoms with Crippen LogP contribution in [0.15, 0.2) is 48.5 Å². The standard InChI is InChI=1S/C21H24ClFN4O2/c22-17-7-5-16(6-8-17)15-25-21(29)20(28)24-9-10-26-11-13-27(14-12-26)19-4-2-1-3-18(19)23/h1-8H,9-15H2,(H,24,28)(H,25,29). The summed E-state index contributed by atoms with van der Waals surface area (Å²) in [6, 6.07) is 13.8. The molecule has 0 bridgehead atoms. The Morgan fingerprint density at radius 2 is 1.59 bits per heavy atom. The number of carbonyl (C=O) groups is 2. The van der Waals surface area contributed by atoms with Crippen LogP contribution in [0.2, 0.25) is 5.02 Å². The van der Waals surface area contributed by atoms with Crippen LogP contribution >= 0.6 is 11.6 Å². The molecule has 0 saturated carbocycles. The van der Waals surface area contributed by atoms with Gasteiger partial charge < -0.3 is 15.5 Å². The number of carbonyl (C=O) groups excluding carboxylic acids is 2. The van der Waals surface area contributed by atoms with Crippen molar-refractivity contribution in [2.24, 2.45) is 0 Å². The smallest absolute Gasteiger partial charge is 0.309 e. The molecule has 0 unspecified atom stereocenters. The Morgan fingerprint density at radius 1 is 0.931 bits per heavy atom. The molecule has 2 aromatic rings. The van der Waals surface area contributed by atoms with Gasteiger partial charge >= 0.3 is 11.8 Å². The maximum absolute atomic E-state index is 13.9. The topological polar surface area (TPSA) is 64.7 Å². The first kappa shape index (κ1) is 21.1. The number of amides is 2. The Bertz CT molecular complexity index is 839. The van der Waals surface area contributed by atoms with Gasteiger partial charge in [0, 0.05) is 50.8 Å². The number of nitrogens with zero attached hydrogens (tertiary/aromatic N) is 2. The summed E-state index contributed by atoms with van der Waals surface area (Å²) in [7, 11) is 0. The lowest BCUT2D eigenvalue weighted by molar-refractivity contribution is -0.139. The van der Waals surface area contributed by atoms with Gasteiger partial charge in [-0.1, -0.05) is 35.9 Å². The van der Waals surface area contributed by atoms with Crippen LogP contribution in [-0.2, 0) is 16.1 Å². The van der Waals surface area contributed by atoms with Crippen molar-refractivity contribution in [2.75, 3.05) is 44.2 Å². The third-order valence-corrected chi connectivity index (χ3v) is 5.10. The fourth-order valence-electron chi connectivity index (χ4n) is 3.19. The van der Waals surface area contributed by atoms with E-state index in [1.54, 1.807) is 36.4 Å². The average molecular weight is 419 g/mol. The molecule has 6 nitrogen and oxygen atoms in total. The molecule has 0 aliphatic carbocycles. The quantitative estimate of drug-likeness (QED) is 0.705. The van der Waals surface area contributed by atoms with Crippen molar-refractivity contribution in [3.63, 3.8) is 0 Å². The van der Waals surface area contributed by atoms with Gasteiger partial charge in [0.25, 0.3) is 0 Å². The monoisotopic (exact) mass is 418 g/mol. The van der Waals surface area contributed by atoms with E-state index >= 15 is 0 Å². The van der Waals surface area contributed by atoms with Crippen LogP contribution in [0.3, 0.4) is 0 Å². The van der Waals surface area contributed by atoms with Crippen LogP contribution in [0, 0.1) is 5.82 Å². The zero-order chi connectivity index (χ0) is 20.6. The summed E-state index contributed by atoms with van der Waals surface area (Å²) in [5.41, 5.74) is 1.49. The molecule has 0 radical (unpaired) electrons. The number of para-hydroxylation sites is 1. The Labute approximate surface area is 174 Å². The summed E-state index contributed by atoms with van der Waals surface area (Å²) in [6.45, 7) is 4.27. The summed E-state index contributed by atoms with van der Waals surface area (Å²) in [5.74, 6) is -1.52. The lowest BCUT2D eigenvalue weighted by Gasteiger charge is -2.36. The van der Waals surface area contributed by atoms with Crippen molar-refractivity contribution in [3.8, 4) is 0 Å². The minimum absolute atomic E-state index is 0.210. The summed E-state index contributed by atoms with van der Waals surface area (Å²) < 4.78 is 13.9. The summed E-state index contributed by atoms with van der Waals surface area (Å²) in [5, 5.41) is 5.84. The molecule has 29 heavy (non-hydrogen) atoms. The molecule has 2 aromatic carbocycles. The van der Waals surface area contributed by atoms with Crippen molar-refractivity contribution in [1.82, 2.24) is 15.5 Å². The fraction of sp³-hybridized carbons (Fsp3) is 0.333. The second-order valence-electron chi connectivity index (χ2n) is 6.85. The van der Waals surface area contributed by atoms with Crippen LogP contribution in [0.4, 0.5) is 10.1 Å². The van der Waals surface area contributed by atoms with Gasteiger partial charge in [-0.25, -0.2) is 4.39 Å². The predicted molar refractivity (Wildman–Crippen MR) is 111 cm³/mol. The van der Waals surface area contributed by atoms with Crippen LogP contribution in [0.5, 0.6) is 0 Å². The highest BCUT2D eigenvalue weighted by Crippen LogP contribution is 2.19. The maximum Gasteiger partial charge on any atom is 0.309 e. The van der Waals surface area contributed by atoms with Gasteiger partial charge in [0.2, 0.25) is 0 Å². The zero-order valence-electron chi connectivity index (χ0n) is 16.0. The number of rotatable bonds is 6. The van der Waals surface area contributed by atoms with Crippen molar-refractivity contribution >= 4 is 29.1 Å². The Hall–Kier alpha value is -2.64. The molecule has 1 aliphatic rings. The van der Waals surface area contributed by atoms with E-state index in [0.717, 1.165) is 31.7 Å². The van der Waals surface area contributed by atoms with E-state index in [4.69, 9.17) is 11.6 Å². The minimum Gasteiger partial charge on any atom is -0.367 e. The van der Waals surface area contributed by atoms with Gasteiger partial charge in [-0.15, -0.1) is 0 Å². The second kappa shape index (κ2) is 10.2. The predicted octanol–water partition coefficient (Wildman–Crippen LogP) is 2.03. The molecule has 0 aromatic heterocycles. The van der Waals surface area contributed by atoms with E-state index in [1.807, 2.05) is 11.0 Å². The first-order valence-corrected chi connectivity index (χ1v) is 9.93. The van der Waals surface area contributed by atoms with Crippen LogP contribution in [0.1, 0.15) is 5.56 Å². The number of nitrogens with one attached hydrogen (secondary N) is 2. The second-order valence-corrected chi connectivity index (χ2v) is 7.28.